The molecule has 0 bridgehead atoms. The van der Waals surface area contributed by atoms with Gasteiger partial charge in [0.15, 0.2) is 0 Å². The van der Waals surface area contributed by atoms with Crippen LogP contribution in [-0.2, 0) is 4.74 Å². The Morgan fingerprint density at radius 2 is 2.05 bits per heavy atom. The molecular formula is C16H18N2O2S. The molecule has 0 saturated heterocycles. The van der Waals surface area contributed by atoms with Gasteiger partial charge in [0, 0.05) is 18.2 Å². The van der Waals surface area contributed by atoms with Gasteiger partial charge in [0.2, 0.25) is 0 Å². The van der Waals surface area contributed by atoms with Crippen LogP contribution in [0, 0.1) is 0 Å². The smallest absolute Gasteiger partial charge is 0.253 e. The second-order valence-electron chi connectivity index (χ2n) is 4.44. The Bertz CT molecular complexity index is 590. The fourth-order valence-corrected chi connectivity index (χ4v) is 2.61. The van der Waals surface area contributed by atoms with E-state index >= 15 is 0 Å². The van der Waals surface area contributed by atoms with Gasteiger partial charge < -0.3 is 10.1 Å². The summed E-state index contributed by atoms with van der Waals surface area (Å²) in [6.07, 6.45) is 3.66. The lowest BCUT2D eigenvalue weighted by molar-refractivity contribution is 0.0891. The monoisotopic (exact) mass is 302 g/mol. The van der Waals surface area contributed by atoms with E-state index in [0.29, 0.717) is 12.2 Å². The van der Waals surface area contributed by atoms with Crippen molar-refractivity contribution in [3.63, 3.8) is 0 Å². The molecule has 1 aromatic heterocycles. The molecule has 1 unspecified atom stereocenters. The first-order valence-corrected chi connectivity index (χ1v) is 7.82. The van der Waals surface area contributed by atoms with Gasteiger partial charge in [-0.2, -0.15) is 0 Å². The largest absolute Gasteiger partial charge is 0.382 e. The van der Waals surface area contributed by atoms with Crippen LogP contribution in [0.3, 0.4) is 0 Å². The lowest BCUT2D eigenvalue weighted by atomic mass is 10.1. The predicted octanol–water partition coefficient (Wildman–Crippen LogP) is 2.92. The quantitative estimate of drug-likeness (QED) is 0.834. The lowest BCUT2D eigenvalue weighted by Gasteiger charge is -2.18. The molecular weight excluding hydrogens is 284 g/mol. The number of methoxy groups -OCH3 is 1. The Morgan fingerprint density at radius 3 is 2.71 bits per heavy atom. The number of hydrogen-bond donors (Lipinski definition) is 1. The molecule has 0 spiro atoms. The summed E-state index contributed by atoms with van der Waals surface area (Å²) in [6, 6.07) is 12.9. The Labute approximate surface area is 128 Å². The molecule has 0 aliphatic heterocycles. The molecule has 2 rings (SSSR count). The van der Waals surface area contributed by atoms with E-state index in [0.717, 1.165) is 10.6 Å². The third-order valence-electron chi connectivity index (χ3n) is 3.04. The fraction of sp³-hybridized carbons (Fsp3) is 0.250. The number of carbonyl (C=O) groups excluding carboxylic acids is 1. The van der Waals surface area contributed by atoms with Crippen LogP contribution in [0.5, 0.6) is 0 Å². The number of pyridine rings is 1. The molecule has 0 radical (unpaired) electrons. The first kappa shape index (κ1) is 15.5. The van der Waals surface area contributed by atoms with Crippen molar-refractivity contribution in [3.05, 3.63) is 59.9 Å². The van der Waals surface area contributed by atoms with Crippen LogP contribution in [0.1, 0.15) is 22.1 Å². The van der Waals surface area contributed by atoms with Crippen LogP contribution in [0.4, 0.5) is 0 Å². The maximum atomic E-state index is 12.5. The van der Waals surface area contributed by atoms with Crippen molar-refractivity contribution in [2.75, 3.05) is 20.0 Å². The minimum atomic E-state index is -0.265. The number of hydrogen-bond acceptors (Lipinski definition) is 4. The van der Waals surface area contributed by atoms with Crippen molar-refractivity contribution in [1.29, 1.82) is 0 Å². The number of benzene rings is 1. The minimum absolute atomic E-state index is 0.118. The number of thioether (sulfide) groups is 1. The van der Waals surface area contributed by atoms with Crippen molar-refractivity contribution in [2.24, 2.45) is 0 Å². The molecule has 110 valence electrons. The van der Waals surface area contributed by atoms with Gasteiger partial charge in [0.1, 0.15) is 0 Å². The Hall–Kier alpha value is -1.85. The highest BCUT2D eigenvalue weighted by Crippen LogP contribution is 2.21. The van der Waals surface area contributed by atoms with Crippen LogP contribution < -0.4 is 5.32 Å². The number of nitrogens with zero attached hydrogens (tertiary/aromatic N) is 1. The van der Waals surface area contributed by atoms with Gasteiger partial charge in [-0.1, -0.05) is 18.2 Å². The minimum Gasteiger partial charge on any atom is -0.382 e. The van der Waals surface area contributed by atoms with Gasteiger partial charge in [-0.15, -0.1) is 11.8 Å². The Balaban J connectivity index is 2.19. The molecule has 0 aliphatic carbocycles. The van der Waals surface area contributed by atoms with Crippen LogP contribution >= 0.6 is 11.8 Å². The summed E-state index contributed by atoms with van der Waals surface area (Å²) in [4.78, 5) is 17.7. The van der Waals surface area contributed by atoms with Gasteiger partial charge in [-0.05, 0) is 30.5 Å². The summed E-state index contributed by atoms with van der Waals surface area (Å²) in [5.74, 6) is -0.118. The molecule has 0 saturated carbocycles. The third kappa shape index (κ3) is 4.06. The summed E-state index contributed by atoms with van der Waals surface area (Å²) in [7, 11) is 1.61. The van der Waals surface area contributed by atoms with Crippen molar-refractivity contribution >= 4 is 17.7 Å². The van der Waals surface area contributed by atoms with Gasteiger partial charge in [0.25, 0.3) is 5.91 Å². The molecule has 1 atom stereocenters. The molecule has 1 N–H and O–H groups in total. The summed E-state index contributed by atoms with van der Waals surface area (Å²) >= 11 is 1.55. The highest BCUT2D eigenvalue weighted by atomic mass is 32.2. The fourth-order valence-electron chi connectivity index (χ4n) is 2.02. The zero-order valence-corrected chi connectivity index (χ0v) is 12.9. The van der Waals surface area contributed by atoms with Gasteiger partial charge in [-0.25, -0.2) is 0 Å². The van der Waals surface area contributed by atoms with Gasteiger partial charge >= 0.3 is 0 Å². The van der Waals surface area contributed by atoms with Crippen molar-refractivity contribution in [1.82, 2.24) is 10.3 Å². The number of carbonyl (C=O) groups is 1. The van der Waals surface area contributed by atoms with E-state index in [1.54, 1.807) is 25.1 Å². The number of amides is 1. The zero-order valence-electron chi connectivity index (χ0n) is 12.1. The molecule has 1 aromatic carbocycles. The summed E-state index contributed by atoms with van der Waals surface area (Å²) in [5, 5.41) is 2.99. The molecule has 21 heavy (non-hydrogen) atoms. The van der Waals surface area contributed by atoms with E-state index in [-0.39, 0.29) is 11.9 Å². The van der Waals surface area contributed by atoms with Gasteiger partial charge in [0.05, 0.1) is 23.9 Å². The molecule has 4 nitrogen and oxygen atoms in total. The Kier molecular flexibility index (Phi) is 5.78. The summed E-state index contributed by atoms with van der Waals surface area (Å²) in [5.41, 5.74) is 1.45. The number of rotatable bonds is 6. The average molecular weight is 302 g/mol. The highest BCUT2D eigenvalue weighted by Gasteiger charge is 2.18. The summed E-state index contributed by atoms with van der Waals surface area (Å²) < 4.78 is 5.19. The standard InChI is InChI=1S/C16H18N2O2S/c1-20-11-14(13-8-5-6-10-17-13)18-16(19)12-7-3-4-9-15(12)21-2/h3-10,14H,11H2,1-2H3,(H,18,19). The first-order chi connectivity index (χ1) is 10.3. The number of nitrogens with one attached hydrogen (secondary N) is 1. The predicted molar refractivity (Wildman–Crippen MR) is 84.5 cm³/mol. The molecule has 1 amide bonds. The highest BCUT2D eigenvalue weighted by molar-refractivity contribution is 7.98. The summed E-state index contributed by atoms with van der Waals surface area (Å²) in [6.45, 7) is 0.379. The van der Waals surface area contributed by atoms with Crippen molar-refractivity contribution in [2.45, 2.75) is 10.9 Å². The van der Waals surface area contributed by atoms with E-state index in [1.807, 2.05) is 48.7 Å². The van der Waals surface area contributed by atoms with Crippen molar-refractivity contribution < 1.29 is 9.53 Å². The lowest BCUT2D eigenvalue weighted by Crippen LogP contribution is -2.32. The van der Waals surface area contributed by atoms with Crippen molar-refractivity contribution in [3.8, 4) is 0 Å². The molecule has 2 aromatic rings. The average Bonchev–Trinajstić information content (AvgIpc) is 2.55. The normalized spacial score (nSPS) is 11.9. The second-order valence-corrected chi connectivity index (χ2v) is 5.28. The van der Waals surface area contributed by atoms with Gasteiger partial charge in [-0.3, -0.25) is 9.78 Å². The first-order valence-electron chi connectivity index (χ1n) is 6.60. The molecule has 5 heteroatoms. The third-order valence-corrected chi connectivity index (χ3v) is 3.83. The van der Waals surface area contributed by atoms with E-state index < -0.39 is 0 Å². The molecule has 1 heterocycles. The van der Waals surface area contributed by atoms with E-state index in [9.17, 15) is 4.79 Å². The SMILES string of the molecule is COCC(NC(=O)c1ccccc1SC)c1ccccn1. The van der Waals surface area contributed by atoms with Crippen LogP contribution in [-0.4, -0.2) is 30.9 Å². The maximum Gasteiger partial charge on any atom is 0.253 e. The Morgan fingerprint density at radius 1 is 1.29 bits per heavy atom. The van der Waals surface area contributed by atoms with Crippen LogP contribution in [0.15, 0.2) is 53.6 Å². The van der Waals surface area contributed by atoms with E-state index in [2.05, 4.69) is 10.3 Å². The molecule has 0 fully saturated rings. The maximum absolute atomic E-state index is 12.5. The topological polar surface area (TPSA) is 51.2 Å². The molecule has 0 aliphatic rings. The van der Waals surface area contributed by atoms with E-state index in [4.69, 9.17) is 4.74 Å². The van der Waals surface area contributed by atoms with E-state index in [1.165, 1.54) is 0 Å². The number of ether oxygens (including phenoxy) is 1. The van der Waals surface area contributed by atoms with Crippen LogP contribution in [0.25, 0.3) is 0 Å². The van der Waals surface area contributed by atoms with Crippen LogP contribution in [0.2, 0.25) is 0 Å². The second kappa shape index (κ2) is 7.81. The zero-order chi connectivity index (χ0) is 15.1. The number of aromatic nitrogens is 1.